The Morgan fingerprint density at radius 1 is 1.42 bits per heavy atom. The number of nitrogens with one attached hydrogen (secondary N) is 2. The van der Waals surface area contributed by atoms with Gasteiger partial charge in [-0.05, 0) is 31.7 Å². The van der Waals surface area contributed by atoms with Crippen LogP contribution in [0.1, 0.15) is 46.5 Å². The number of hydrogen-bond donors (Lipinski definition) is 3. The maximum atomic E-state index is 12.4. The van der Waals surface area contributed by atoms with Crippen molar-refractivity contribution in [3.05, 3.63) is 0 Å². The smallest absolute Gasteiger partial charge is 0.326 e. The van der Waals surface area contributed by atoms with Crippen LogP contribution < -0.4 is 10.6 Å². The quantitative estimate of drug-likeness (QED) is 0.653. The minimum absolute atomic E-state index is 0.104. The monoisotopic (exact) mass is 270 g/mol. The molecule has 2 atom stereocenters. The van der Waals surface area contributed by atoms with E-state index >= 15 is 0 Å². The van der Waals surface area contributed by atoms with Crippen LogP contribution in [0.4, 0.5) is 0 Å². The maximum Gasteiger partial charge on any atom is 0.326 e. The summed E-state index contributed by atoms with van der Waals surface area (Å²) in [5, 5.41) is 15.1. The van der Waals surface area contributed by atoms with Gasteiger partial charge in [0.2, 0.25) is 5.91 Å². The van der Waals surface area contributed by atoms with E-state index in [1.165, 1.54) is 0 Å². The summed E-state index contributed by atoms with van der Waals surface area (Å²) in [6, 6.07) is -0.776. The topological polar surface area (TPSA) is 78.4 Å². The first kappa shape index (κ1) is 16.0. The molecule has 5 heteroatoms. The minimum atomic E-state index is -0.945. The minimum Gasteiger partial charge on any atom is -0.480 e. The summed E-state index contributed by atoms with van der Waals surface area (Å²) in [6.07, 6.45) is 2.99. The molecule has 3 N–H and O–H groups in total. The highest BCUT2D eigenvalue weighted by molar-refractivity contribution is 5.87. The first-order valence-corrected chi connectivity index (χ1v) is 7.16. The molecule has 1 saturated heterocycles. The van der Waals surface area contributed by atoms with Crippen LogP contribution in [0, 0.1) is 11.3 Å². The van der Waals surface area contributed by atoms with Gasteiger partial charge in [0.15, 0.2) is 0 Å². The third-order valence-electron chi connectivity index (χ3n) is 3.76. The molecule has 19 heavy (non-hydrogen) atoms. The van der Waals surface area contributed by atoms with Crippen molar-refractivity contribution in [3.63, 3.8) is 0 Å². The molecule has 0 aromatic rings. The Kier molecular flexibility index (Phi) is 5.79. The van der Waals surface area contributed by atoms with E-state index in [2.05, 4.69) is 17.6 Å². The summed E-state index contributed by atoms with van der Waals surface area (Å²) in [5.41, 5.74) is -0.417. The Labute approximate surface area is 115 Å². The van der Waals surface area contributed by atoms with Gasteiger partial charge in [-0.3, -0.25) is 4.79 Å². The Bertz CT molecular complexity index is 323. The summed E-state index contributed by atoms with van der Waals surface area (Å²) >= 11 is 0. The molecular formula is C14H26N2O3. The van der Waals surface area contributed by atoms with Gasteiger partial charge in [-0.25, -0.2) is 4.79 Å². The number of aliphatic carboxylic acids is 1. The second-order valence-corrected chi connectivity index (χ2v) is 5.95. The number of hydrogen-bond acceptors (Lipinski definition) is 3. The fraction of sp³-hybridized carbons (Fsp3) is 0.857. The molecule has 1 heterocycles. The second-order valence-electron chi connectivity index (χ2n) is 5.95. The zero-order valence-corrected chi connectivity index (χ0v) is 12.2. The lowest BCUT2D eigenvalue weighted by Gasteiger charge is -2.28. The Hall–Kier alpha value is -1.10. The summed E-state index contributed by atoms with van der Waals surface area (Å²) < 4.78 is 0. The van der Waals surface area contributed by atoms with Gasteiger partial charge < -0.3 is 15.7 Å². The van der Waals surface area contributed by atoms with Crippen LogP contribution in [0.15, 0.2) is 0 Å². The SMILES string of the molecule is CCCC1(C(=O)NC(CC(C)C)C(=O)O)CCNC1. The lowest BCUT2D eigenvalue weighted by Crippen LogP contribution is -2.49. The summed E-state index contributed by atoms with van der Waals surface area (Å²) in [7, 11) is 0. The molecule has 0 radical (unpaired) electrons. The van der Waals surface area contributed by atoms with Crippen molar-refractivity contribution in [1.29, 1.82) is 0 Å². The average molecular weight is 270 g/mol. The molecule has 1 fully saturated rings. The summed E-state index contributed by atoms with van der Waals surface area (Å²) in [4.78, 5) is 23.7. The number of amides is 1. The normalized spacial score (nSPS) is 24.4. The highest BCUT2D eigenvalue weighted by atomic mass is 16.4. The molecule has 0 aliphatic carbocycles. The zero-order valence-electron chi connectivity index (χ0n) is 12.2. The predicted molar refractivity (Wildman–Crippen MR) is 73.8 cm³/mol. The second kappa shape index (κ2) is 6.89. The van der Waals surface area contributed by atoms with Crippen LogP contribution in [0.3, 0.4) is 0 Å². The fourth-order valence-corrected chi connectivity index (χ4v) is 2.75. The molecule has 0 spiro atoms. The molecule has 110 valence electrons. The molecule has 1 rings (SSSR count). The first-order chi connectivity index (χ1) is 8.91. The lowest BCUT2D eigenvalue weighted by atomic mass is 9.81. The average Bonchev–Trinajstić information content (AvgIpc) is 2.77. The van der Waals surface area contributed by atoms with Gasteiger partial charge in [-0.15, -0.1) is 0 Å². The molecule has 5 nitrogen and oxygen atoms in total. The van der Waals surface area contributed by atoms with Crippen LogP contribution in [-0.4, -0.2) is 36.1 Å². The lowest BCUT2D eigenvalue weighted by molar-refractivity contribution is -0.144. The molecule has 1 aliphatic heterocycles. The van der Waals surface area contributed by atoms with Crippen LogP contribution >= 0.6 is 0 Å². The van der Waals surface area contributed by atoms with Crippen LogP contribution in [0.2, 0.25) is 0 Å². The molecule has 2 unspecified atom stereocenters. The molecule has 1 aliphatic rings. The van der Waals surface area contributed by atoms with E-state index < -0.39 is 17.4 Å². The van der Waals surface area contributed by atoms with Gasteiger partial charge in [0.1, 0.15) is 6.04 Å². The Balaban J connectivity index is 2.71. The van der Waals surface area contributed by atoms with Crippen LogP contribution in [-0.2, 0) is 9.59 Å². The van der Waals surface area contributed by atoms with Gasteiger partial charge in [-0.2, -0.15) is 0 Å². The third-order valence-corrected chi connectivity index (χ3v) is 3.76. The Morgan fingerprint density at radius 3 is 2.53 bits per heavy atom. The van der Waals surface area contributed by atoms with Gasteiger partial charge in [0.25, 0.3) is 0 Å². The highest BCUT2D eigenvalue weighted by Crippen LogP contribution is 2.31. The molecule has 0 saturated carbocycles. The number of carboxylic acids is 1. The van der Waals surface area contributed by atoms with Crippen LogP contribution in [0.5, 0.6) is 0 Å². The van der Waals surface area contributed by atoms with E-state index in [1.807, 2.05) is 13.8 Å². The highest BCUT2D eigenvalue weighted by Gasteiger charge is 2.41. The van der Waals surface area contributed by atoms with Crippen molar-refractivity contribution >= 4 is 11.9 Å². The van der Waals surface area contributed by atoms with Crippen molar-refractivity contribution in [2.75, 3.05) is 13.1 Å². The van der Waals surface area contributed by atoms with Gasteiger partial charge in [-0.1, -0.05) is 27.2 Å². The van der Waals surface area contributed by atoms with E-state index in [4.69, 9.17) is 0 Å². The number of carboxylic acid groups (broad SMARTS) is 1. The van der Waals surface area contributed by atoms with Gasteiger partial charge in [0, 0.05) is 6.54 Å². The van der Waals surface area contributed by atoms with E-state index in [-0.39, 0.29) is 11.8 Å². The number of carbonyl (C=O) groups excluding carboxylic acids is 1. The van der Waals surface area contributed by atoms with E-state index in [0.717, 1.165) is 25.8 Å². The van der Waals surface area contributed by atoms with Crippen molar-refractivity contribution in [1.82, 2.24) is 10.6 Å². The predicted octanol–water partition coefficient (Wildman–Crippen LogP) is 1.38. The molecule has 0 bridgehead atoms. The molecule has 0 aromatic heterocycles. The number of rotatable bonds is 7. The summed E-state index contributed by atoms with van der Waals surface area (Å²) in [5.74, 6) is -0.808. The van der Waals surface area contributed by atoms with Crippen molar-refractivity contribution in [2.24, 2.45) is 11.3 Å². The van der Waals surface area contributed by atoms with Gasteiger partial charge >= 0.3 is 5.97 Å². The van der Waals surface area contributed by atoms with E-state index in [0.29, 0.717) is 13.0 Å². The van der Waals surface area contributed by atoms with E-state index in [1.54, 1.807) is 0 Å². The van der Waals surface area contributed by atoms with Gasteiger partial charge in [0.05, 0.1) is 5.41 Å². The van der Waals surface area contributed by atoms with Crippen molar-refractivity contribution < 1.29 is 14.7 Å². The standard InChI is InChI=1S/C14H26N2O3/c1-4-5-14(6-7-15-9-14)13(19)16-11(12(17)18)8-10(2)3/h10-11,15H,4-9H2,1-3H3,(H,16,19)(H,17,18). The summed E-state index contributed by atoms with van der Waals surface area (Å²) in [6.45, 7) is 7.45. The zero-order chi connectivity index (χ0) is 14.5. The largest absolute Gasteiger partial charge is 0.480 e. The number of carbonyl (C=O) groups is 2. The maximum absolute atomic E-state index is 12.4. The third kappa shape index (κ3) is 4.20. The molecular weight excluding hydrogens is 244 g/mol. The molecule has 0 aromatic carbocycles. The first-order valence-electron chi connectivity index (χ1n) is 7.16. The fourth-order valence-electron chi connectivity index (χ4n) is 2.75. The van der Waals surface area contributed by atoms with E-state index in [9.17, 15) is 14.7 Å². The van der Waals surface area contributed by atoms with Crippen molar-refractivity contribution in [3.8, 4) is 0 Å². The van der Waals surface area contributed by atoms with Crippen molar-refractivity contribution in [2.45, 2.75) is 52.5 Å². The molecule has 1 amide bonds. The Morgan fingerprint density at radius 2 is 2.11 bits per heavy atom. The van der Waals surface area contributed by atoms with Crippen LogP contribution in [0.25, 0.3) is 0 Å².